The maximum atomic E-state index is 11.7. The van der Waals surface area contributed by atoms with E-state index in [1.54, 1.807) is 24.5 Å². The van der Waals surface area contributed by atoms with Crippen LogP contribution >= 0.6 is 0 Å². The molecular weight excluding hydrogens is 254 g/mol. The van der Waals surface area contributed by atoms with Crippen LogP contribution in [-0.2, 0) is 4.79 Å². The Morgan fingerprint density at radius 3 is 2.70 bits per heavy atom. The second kappa shape index (κ2) is 5.83. The van der Waals surface area contributed by atoms with E-state index in [0.717, 1.165) is 25.7 Å². The molecule has 2 N–H and O–H groups in total. The second-order valence-corrected chi connectivity index (χ2v) is 6.46. The average Bonchev–Trinajstić information content (AvgIpc) is 2.92. The van der Waals surface area contributed by atoms with Gasteiger partial charge in [0.2, 0.25) is 5.91 Å². The van der Waals surface area contributed by atoms with E-state index in [-0.39, 0.29) is 5.91 Å². The number of amides is 1. The smallest absolute Gasteiger partial charge is 0.244 e. The van der Waals surface area contributed by atoms with Crippen molar-refractivity contribution in [2.75, 3.05) is 6.54 Å². The lowest BCUT2D eigenvalue weighted by Gasteiger charge is -2.40. The monoisotopic (exact) mass is 277 g/mol. The van der Waals surface area contributed by atoms with Gasteiger partial charge in [0.05, 0.1) is 11.9 Å². The molecule has 0 spiro atoms. The first-order valence-corrected chi connectivity index (χ1v) is 7.10. The third-order valence-corrected chi connectivity index (χ3v) is 4.07. The Morgan fingerprint density at radius 1 is 1.40 bits per heavy atom. The maximum absolute atomic E-state index is 11.7. The Kier molecular flexibility index (Phi) is 4.33. The second-order valence-electron chi connectivity index (χ2n) is 6.46. The van der Waals surface area contributed by atoms with Gasteiger partial charge < -0.3 is 14.8 Å². The van der Waals surface area contributed by atoms with Gasteiger partial charge in [0, 0.05) is 12.6 Å². The number of carbonyl (C=O) groups is 1. The molecule has 0 atom stereocenters. The molecule has 1 aliphatic carbocycles. The van der Waals surface area contributed by atoms with Crippen LogP contribution in [0.15, 0.2) is 28.9 Å². The lowest BCUT2D eigenvalue weighted by atomic mass is 9.71. The fourth-order valence-electron chi connectivity index (χ4n) is 2.42. The summed E-state index contributed by atoms with van der Waals surface area (Å²) in [7, 11) is 0. The summed E-state index contributed by atoms with van der Waals surface area (Å²) in [6, 6.07) is 3.55. The van der Waals surface area contributed by atoms with Crippen molar-refractivity contribution in [2.24, 2.45) is 5.41 Å². The fraction of sp³-hybridized carbons (Fsp3) is 0.562. The molecule has 1 aromatic rings. The zero-order valence-electron chi connectivity index (χ0n) is 12.2. The van der Waals surface area contributed by atoms with Crippen LogP contribution in [0, 0.1) is 5.41 Å². The van der Waals surface area contributed by atoms with Gasteiger partial charge in [-0.05, 0) is 49.3 Å². The molecule has 2 rings (SSSR count). The Balaban J connectivity index is 1.78. The molecule has 20 heavy (non-hydrogen) atoms. The van der Waals surface area contributed by atoms with Crippen LogP contribution in [0.3, 0.4) is 0 Å². The Labute approximate surface area is 119 Å². The van der Waals surface area contributed by atoms with Gasteiger partial charge in [0.25, 0.3) is 0 Å². The molecule has 110 valence electrons. The van der Waals surface area contributed by atoms with E-state index in [4.69, 9.17) is 4.42 Å². The Bertz CT molecular complexity index is 464. The van der Waals surface area contributed by atoms with Gasteiger partial charge in [0.1, 0.15) is 5.76 Å². The SMILES string of the molecule is CC1(C)CCC(O)(CNC(=O)C=Cc2ccco2)CC1. The first kappa shape index (κ1) is 14.9. The molecular formula is C16H23NO3. The van der Waals surface area contributed by atoms with E-state index < -0.39 is 5.60 Å². The van der Waals surface area contributed by atoms with Gasteiger partial charge in [-0.25, -0.2) is 0 Å². The van der Waals surface area contributed by atoms with E-state index in [2.05, 4.69) is 19.2 Å². The highest BCUT2D eigenvalue weighted by Crippen LogP contribution is 2.39. The molecule has 1 aromatic heterocycles. The molecule has 0 radical (unpaired) electrons. The summed E-state index contributed by atoms with van der Waals surface area (Å²) in [4.78, 5) is 11.7. The number of hydrogen-bond donors (Lipinski definition) is 2. The zero-order valence-corrected chi connectivity index (χ0v) is 12.2. The third kappa shape index (κ3) is 4.23. The summed E-state index contributed by atoms with van der Waals surface area (Å²) >= 11 is 0. The summed E-state index contributed by atoms with van der Waals surface area (Å²) in [5, 5.41) is 13.2. The van der Waals surface area contributed by atoms with Crippen molar-refractivity contribution < 1.29 is 14.3 Å². The first-order valence-electron chi connectivity index (χ1n) is 7.10. The predicted molar refractivity (Wildman–Crippen MR) is 78.0 cm³/mol. The van der Waals surface area contributed by atoms with E-state index >= 15 is 0 Å². The van der Waals surface area contributed by atoms with E-state index in [1.165, 1.54) is 6.08 Å². The number of hydrogen-bond acceptors (Lipinski definition) is 3. The molecule has 4 nitrogen and oxygen atoms in total. The summed E-state index contributed by atoms with van der Waals surface area (Å²) in [5.41, 5.74) is -0.459. The van der Waals surface area contributed by atoms with Crippen LogP contribution in [0.1, 0.15) is 45.3 Å². The summed E-state index contributed by atoms with van der Waals surface area (Å²) < 4.78 is 5.10. The molecule has 1 fully saturated rings. The summed E-state index contributed by atoms with van der Waals surface area (Å²) in [6.07, 6.45) is 8.05. The zero-order chi connectivity index (χ0) is 14.6. The van der Waals surface area contributed by atoms with Gasteiger partial charge in [-0.2, -0.15) is 0 Å². The molecule has 1 amide bonds. The maximum Gasteiger partial charge on any atom is 0.244 e. The summed E-state index contributed by atoms with van der Waals surface area (Å²) in [5.74, 6) is 0.429. The van der Waals surface area contributed by atoms with Crippen molar-refractivity contribution >= 4 is 12.0 Å². The number of carbonyl (C=O) groups excluding carboxylic acids is 1. The molecule has 1 heterocycles. The Morgan fingerprint density at radius 2 is 2.10 bits per heavy atom. The van der Waals surface area contributed by atoms with Crippen molar-refractivity contribution in [3.63, 3.8) is 0 Å². The topological polar surface area (TPSA) is 62.5 Å². The number of aliphatic hydroxyl groups is 1. The van der Waals surface area contributed by atoms with Crippen molar-refractivity contribution in [2.45, 2.75) is 45.1 Å². The average molecular weight is 277 g/mol. The molecule has 1 saturated carbocycles. The Hall–Kier alpha value is -1.55. The van der Waals surface area contributed by atoms with Crippen molar-refractivity contribution in [1.82, 2.24) is 5.32 Å². The molecule has 1 aliphatic rings. The summed E-state index contributed by atoms with van der Waals surface area (Å²) in [6.45, 7) is 4.75. The standard InChI is InChI=1S/C16H23NO3/c1-15(2)7-9-16(19,10-8-15)12-17-14(18)6-5-13-4-3-11-20-13/h3-6,11,19H,7-10,12H2,1-2H3,(H,17,18). The molecule has 0 aliphatic heterocycles. The first-order chi connectivity index (χ1) is 9.39. The molecule has 0 unspecified atom stereocenters. The van der Waals surface area contributed by atoms with Gasteiger partial charge >= 0.3 is 0 Å². The minimum Gasteiger partial charge on any atom is -0.465 e. The highest BCUT2D eigenvalue weighted by atomic mass is 16.3. The van der Waals surface area contributed by atoms with Gasteiger partial charge in [0.15, 0.2) is 0 Å². The van der Waals surface area contributed by atoms with E-state index in [9.17, 15) is 9.90 Å². The lowest BCUT2D eigenvalue weighted by Crippen LogP contribution is -2.46. The van der Waals surface area contributed by atoms with Crippen LogP contribution in [0.5, 0.6) is 0 Å². The van der Waals surface area contributed by atoms with Crippen LogP contribution in [0.2, 0.25) is 0 Å². The number of furan rings is 1. The minimum absolute atomic E-state index is 0.209. The van der Waals surface area contributed by atoms with Crippen LogP contribution < -0.4 is 5.32 Å². The van der Waals surface area contributed by atoms with Gasteiger partial charge in [-0.15, -0.1) is 0 Å². The lowest BCUT2D eigenvalue weighted by molar-refractivity contribution is -0.118. The highest BCUT2D eigenvalue weighted by Gasteiger charge is 2.36. The quantitative estimate of drug-likeness (QED) is 0.832. The van der Waals surface area contributed by atoms with Crippen LogP contribution in [0.25, 0.3) is 6.08 Å². The largest absolute Gasteiger partial charge is 0.465 e. The highest BCUT2D eigenvalue weighted by molar-refractivity contribution is 5.91. The van der Waals surface area contributed by atoms with Crippen molar-refractivity contribution in [3.05, 3.63) is 30.2 Å². The van der Waals surface area contributed by atoms with Crippen LogP contribution in [0.4, 0.5) is 0 Å². The van der Waals surface area contributed by atoms with E-state index in [0.29, 0.717) is 17.7 Å². The number of nitrogens with one attached hydrogen (secondary N) is 1. The van der Waals surface area contributed by atoms with Gasteiger partial charge in [-0.3, -0.25) is 4.79 Å². The van der Waals surface area contributed by atoms with E-state index in [1.807, 2.05) is 0 Å². The normalized spacial score (nSPS) is 20.9. The molecule has 4 heteroatoms. The molecule has 0 saturated heterocycles. The third-order valence-electron chi connectivity index (χ3n) is 4.07. The van der Waals surface area contributed by atoms with Crippen molar-refractivity contribution in [3.8, 4) is 0 Å². The molecule has 0 aromatic carbocycles. The molecule has 0 bridgehead atoms. The van der Waals surface area contributed by atoms with Gasteiger partial charge in [-0.1, -0.05) is 13.8 Å². The van der Waals surface area contributed by atoms with Crippen LogP contribution in [-0.4, -0.2) is 23.2 Å². The fourth-order valence-corrected chi connectivity index (χ4v) is 2.42. The van der Waals surface area contributed by atoms with Crippen molar-refractivity contribution in [1.29, 1.82) is 0 Å². The number of rotatable bonds is 4. The predicted octanol–water partition coefficient (Wildman–Crippen LogP) is 2.74. The minimum atomic E-state index is -0.760.